The first-order chi connectivity index (χ1) is 8.67. The summed E-state index contributed by atoms with van der Waals surface area (Å²) < 4.78 is 0. The van der Waals surface area contributed by atoms with E-state index in [0.717, 1.165) is 16.8 Å². The van der Waals surface area contributed by atoms with E-state index in [0.29, 0.717) is 5.92 Å². The predicted molar refractivity (Wildman–Crippen MR) is 84.5 cm³/mol. The maximum Gasteiger partial charge on any atom is 0.236 e. The van der Waals surface area contributed by atoms with Crippen LogP contribution in [0.3, 0.4) is 0 Å². The number of benzene rings is 1. The minimum absolute atomic E-state index is 0.170. The highest BCUT2D eigenvalue weighted by atomic mass is 32.1. The first kappa shape index (κ1) is 15.6. The van der Waals surface area contributed by atoms with Crippen molar-refractivity contribution < 1.29 is 4.79 Å². The Balaban J connectivity index is 3.13. The molecule has 4 heteroatoms. The highest BCUT2D eigenvalue weighted by molar-refractivity contribution is 7.80. The molecule has 0 spiro atoms. The molecule has 0 unspecified atom stereocenters. The Morgan fingerprint density at radius 2 is 1.95 bits per heavy atom. The first-order valence-corrected chi connectivity index (χ1v) is 6.79. The van der Waals surface area contributed by atoms with E-state index in [1.807, 2.05) is 25.1 Å². The van der Waals surface area contributed by atoms with Crippen LogP contribution in [-0.2, 0) is 4.79 Å². The van der Waals surface area contributed by atoms with Gasteiger partial charge in [-0.25, -0.2) is 0 Å². The highest BCUT2D eigenvalue weighted by Crippen LogP contribution is 2.29. The smallest absolute Gasteiger partial charge is 0.236 e. The van der Waals surface area contributed by atoms with Crippen LogP contribution in [0.15, 0.2) is 18.2 Å². The fraction of sp³-hybridized carbons (Fsp3) is 0.467. The van der Waals surface area contributed by atoms with Gasteiger partial charge in [0.15, 0.2) is 0 Å². The van der Waals surface area contributed by atoms with Crippen LogP contribution in [-0.4, -0.2) is 10.9 Å². The van der Waals surface area contributed by atoms with Crippen molar-refractivity contribution >= 4 is 28.8 Å². The molecule has 0 bridgehead atoms. The molecule has 1 amide bonds. The lowest BCUT2D eigenvalue weighted by Crippen LogP contribution is -2.41. The number of hydrogen-bond donors (Lipinski definition) is 2. The summed E-state index contributed by atoms with van der Waals surface area (Å²) in [6, 6.07) is 6.01. The number of carbonyl (C=O) groups is 1. The number of rotatable bonds is 4. The van der Waals surface area contributed by atoms with Crippen molar-refractivity contribution in [1.29, 1.82) is 0 Å². The lowest BCUT2D eigenvalue weighted by molar-refractivity contribution is -0.121. The Kier molecular flexibility index (Phi) is 4.69. The molecule has 0 heterocycles. The van der Waals surface area contributed by atoms with Gasteiger partial charge in [0.1, 0.15) is 0 Å². The third kappa shape index (κ3) is 3.32. The molecule has 3 nitrogen and oxygen atoms in total. The average molecular weight is 278 g/mol. The molecule has 0 atom stereocenters. The lowest BCUT2D eigenvalue weighted by atomic mass is 9.91. The van der Waals surface area contributed by atoms with Crippen molar-refractivity contribution in [3.8, 4) is 0 Å². The molecule has 0 radical (unpaired) electrons. The first-order valence-electron chi connectivity index (χ1n) is 6.38. The number of carbonyl (C=O) groups excluding carboxylic acids is 1. The second-order valence-electron chi connectivity index (χ2n) is 5.64. The van der Waals surface area contributed by atoms with Crippen molar-refractivity contribution in [3.63, 3.8) is 0 Å². The molecule has 104 valence electrons. The van der Waals surface area contributed by atoms with E-state index in [1.54, 1.807) is 13.8 Å². The zero-order chi connectivity index (χ0) is 14.8. The molecule has 0 saturated carbocycles. The third-order valence-electron chi connectivity index (χ3n) is 3.35. The van der Waals surface area contributed by atoms with E-state index in [4.69, 9.17) is 18.0 Å². The van der Waals surface area contributed by atoms with Crippen LogP contribution in [0.25, 0.3) is 0 Å². The fourth-order valence-electron chi connectivity index (χ4n) is 1.72. The number of hydrogen-bond acceptors (Lipinski definition) is 2. The van der Waals surface area contributed by atoms with Gasteiger partial charge >= 0.3 is 0 Å². The van der Waals surface area contributed by atoms with Gasteiger partial charge < -0.3 is 11.1 Å². The topological polar surface area (TPSA) is 55.1 Å². The molecule has 1 aromatic carbocycles. The Labute approximate surface area is 120 Å². The van der Waals surface area contributed by atoms with E-state index in [2.05, 4.69) is 19.2 Å². The summed E-state index contributed by atoms with van der Waals surface area (Å²) in [7, 11) is 0. The van der Waals surface area contributed by atoms with Crippen molar-refractivity contribution in [2.75, 3.05) is 5.32 Å². The minimum Gasteiger partial charge on any atom is -0.392 e. The van der Waals surface area contributed by atoms with Gasteiger partial charge in [-0.3, -0.25) is 4.79 Å². The summed E-state index contributed by atoms with van der Waals surface area (Å²) in [4.78, 5) is 12.5. The van der Waals surface area contributed by atoms with Gasteiger partial charge in [-0.2, -0.15) is 0 Å². The molecular formula is C15H22N2OS. The van der Waals surface area contributed by atoms with Crippen LogP contribution in [0.2, 0.25) is 0 Å². The quantitative estimate of drug-likeness (QED) is 0.830. The van der Waals surface area contributed by atoms with Gasteiger partial charge in [-0.1, -0.05) is 44.3 Å². The van der Waals surface area contributed by atoms with Crippen LogP contribution >= 0.6 is 12.2 Å². The molecule has 0 aromatic heterocycles. The molecule has 0 saturated heterocycles. The molecule has 3 N–H and O–H groups in total. The fourth-order valence-corrected chi connectivity index (χ4v) is 1.82. The molecule has 1 aromatic rings. The van der Waals surface area contributed by atoms with Gasteiger partial charge in [0.05, 0.1) is 10.4 Å². The largest absolute Gasteiger partial charge is 0.392 e. The van der Waals surface area contributed by atoms with E-state index in [9.17, 15) is 4.79 Å². The minimum atomic E-state index is -0.855. The number of thiocarbonyl (C=S) groups is 1. The second-order valence-corrected chi connectivity index (χ2v) is 6.08. The molecule has 1 rings (SSSR count). The van der Waals surface area contributed by atoms with Crippen molar-refractivity contribution in [2.24, 2.45) is 11.1 Å². The molecule has 19 heavy (non-hydrogen) atoms. The third-order valence-corrected chi connectivity index (χ3v) is 3.86. The molecular weight excluding hydrogens is 256 g/mol. The summed E-state index contributed by atoms with van der Waals surface area (Å²) in [5, 5.41) is 2.98. The Hall–Kier alpha value is -1.42. The lowest BCUT2D eigenvalue weighted by Gasteiger charge is -2.24. The number of nitrogens with one attached hydrogen (secondary N) is 1. The number of para-hydroxylation sites is 1. The summed E-state index contributed by atoms with van der Waals surface area (Å²) in [6.45, 7) is 9.65. The Morgan fingerprint density at radius 1 is 1.37 bits per heavy atom. The van der Waals surface area contributed by atoms with E-state index < -0.39 is 5.41 Å². The maximum absolute atomic E-state index is 12.3. The standard InChI is InChI=1S/C15H22N2OS/c1-9(2)11-8-6-7-10(3)12(11)17-14(18)15(4,5)13(16)19/h6-9H,1-5H3,(H2,16,19)(H,17,18). The van der Waals surface area contributed by atoms with Crippen molar-refractivity contribution in [1.82, 2.24) is 0 Å². The Morgan fingerprint density at radius 3 is 2.42 bits per heavy atom. The van der Waals surface area contributed by atoms with Gasteiger partial charge in [-0.15, -0.1) is 0 Å². The van der Waals surface area contributed by atoms with Gasteiger partial charge in [0.2, 0.25) is 5.91 Å². The average Bonchev–Trinajstić information content (AvgIpc) is 2.30. The summed E-state index contributed by atoms with van der Waals surface area (Å²) in [5.74, 6) is 0.166. The maximum atomic E-state index is 12.3. The van der Waals surface area contributed by atoms with E-state index >= 15 is 0 Å². The number of anilines is 1. The monoisotopic (exact) mass is 278 g/mol. The van der Waals surface area contributed by atoms with Gasteiger partial charge in [0, 0.05) is 5.69 Å². The van der Waals surface area contributed by atoms with Crippen LogP contribution < -0.4 is 11.1 Å². The van der Waals surface area contributed by atoms with Crippen LogP contribution in [0, 0.1) is 12.3 Å². The predicted octanol–water partition coefficient (Wildman–Crippen LogP) is 3.37. The number of aryl methyl sites for hydroxylation is 1. The number of nitrogens with two attached hydrogens (primary N) is 1. The van der Waals surface area contributed by atoms with Gasteiger partial charge in [0.25, 0.3) is 0 Å². The van der Waals surface area contributed by atoms with Gasteiger partial charge in [-0.05, 0) is 37.8 Å². The summed E-state index contributed by atoms with van der Waals surface area (Å²) in [6.07, 6.45) is 0. The van der Waals surface area contributed by atoms with Crippen LogP contribution in [0.5, 0.6) is 0 Å². The normalized spacial score (nSPS) is 11.5. The molecule has 0 aliphatic carbocycles. The molecule has 0 aliphatic heterocycles. The zero-order valence-electron chi connectivity index (χ0n) is 12.2. The van der Waals surface area contributed by atoms with Crippen LogP contribution in [0.1, 0.15) is 44.7 Å². The molecule has 0 fully saturated rings. The highest BCUT2D eigenvalue weighted by Gasteiger charge is 2.31. The van der Waals surface area contributed by atoms with Crippen LogP contribution in [0.4, 0.5) is 5.69 Å². The Bertz CT molecular complexity index is 507. The summed E-state index contributed by atoms with van der Waals surface area (Å²) in [5.41, 5.74) is 7.80. The van der Waals surface area contributed by atoms with E-state index in [-0.39, 0.29) is 10.9 Å². The zero-order valence-corrected chi connectivity index (χ0v) is 13.0. The number of amides is 1. The summed E-state index contributed by atoms with van der Waals surface area (Å²) >= 11 is 4.96. The molecule has 0 aliphatic rings. The second kappa shape index (κ2) is 5.70. The van der Waals surface area contributed by atoms with Crippen molar-refractivity contribution in [2.45, 2.75) is 40.5 Å². The van der Waals surface area contributed by atoms with E-state index in [1.165, 1.54) is 0 Å². The SMILES string of the molecule is Cc1cccc(C(C)C)c1NC(=O)C(C)(C)C(N)=S. The van der Waals surface area contributed by atoms with Crippen molar-refractivity contribution in [3.05, 3.63) is 29.3 Å².